The first kappa shape index (κ1) is 15.2. The molecule has 1 heterocycles. The normalized spacial score (nSPS) is 10.8. The average molecular weight is 300 g/mol. The van der Waals surface area contributed by atoms with E-state index in [4.69, 9.17) is 11.0 Å². The topological polar surface area (TPSA) is 106 Å². The number of nitrogens with zero attached hydrogens (tertiary/aromatic N) is 2. The fourth-order valence-electron chi connectivity index (χ4n) is 2.06. The summed E-state index contributed by atoms with van der Waals surface area (Å²) in [5.74, 6) is -3.19. The van der Waals surface area contributed by atoms with Gasteiger partial charge in [0.05, 0.1) is 0 Å². The Hall–Kier alpha value is -3.19. The highest BCUT2D eigenvalue weighted by atomic mass is 19.3. The number of alkyl halides is 2. The van der Waals surface area contributed by atoms with Crippen LogP contribution in [0.5, 0.6) is 0 Å². The molecule has 7 heteroatoms. The summed E-state index contributed by atoms with van der Waals surface area (Å²) in [5, 5.41) is 18.3. The standard InChI is InChI=1S/C15H10F2N4O/c1-15(16,17)9-4-2-8(3-5-9)12-10(6-18)13(20)21-14(22)11(12)7-19/h2-5H,1H3,(H3,20,21,22). The number of benzene rings is 1. The number of halogens is 2. The van der Waals surface area contributed by atoms with Gasteiger partial charge in [-0.05, 0) is 5.56 Å². The zero-order valence-corrected chi connectivity index (χ0v) is 11.4. The lowest BCUT2D eigenvalue weighted by Gasteiger charge is -2.12. The SMILES string of the molecule is CC(F)(F)c1ccc(-c2c(C#N)c(N)[nH]c(=O)c2C#N)cc1. The number of hydrogen-bond donors (Lipinski definition) is 2. The molecule has 0 unspecified atom stereocenters. The molecule has 0 spiro atoms. The van der Waals surface area contributed by atoms with Crippen LogP contribution in [0.3, 0.4) is 0 Å². The summed E-state index contributed by atoms with van der Waals surface area (Å²) in [5.41, 5.74) is 4.59. The Balaban J connectivity index is 2.75. The van der Waals surface area contributed by atoms with Crippen LogP contribution >= 0.6 is 0 Å². The van der Waals surface area contributed by atoms with Gasteiger partial charge < -0.3 is 10.7 Å². The molecule has 5 nitrogen and oxygen atoms in total. The van der Waals surface area contributed by atoms with E-state index in [9.17, 15) is 18.8 Å². The number of nitrogens with two attached hydrogens (primary N) is 1. The molecular weight excluding hydrogens is 290 g/mol. The Morgan fingerprint density at radius 2 is 1.68 bits per heavy atom. The minimum absolute atomic E-state index is 0.0391. The van der Waals surface area contributed by atoms with Crippen molar-refractivity contribution < 1.29 is 8.78 Å². The Morgan fingerprint density at radius 3 is 2.14 bits per heavy atom. The van der Waals surface area contributed by atoms with Gasteiger partial charge in [0.15, 0.2) is 0 Å². The van der Waals surface area contributed by atoms with Crippen LogP contribution in [0.25, 0.3) is 11.1 Å². The Morgan fingerprint density at radius 1 is 1.14 bits per heavy atom. The minimum Gasteiger partial charge on any atom is -0.384 e. The molecule has 3 N–H and O–H groups in total. The van der Waals surface area contributed by atoms with Crippen molar-refractivity contribution in [2.45, 2.75) is 12.8 Å². The van der Waals surface area contributed by atoms with Crippen LogP contribution in [0.1, 0.15) is 23.6 Å². The second-order valence-corrected chi connectivity index (χ2v) is 4.68. The number of pyridine rings is 1. The van der Waals surface area contributed by atoms with Gasteiger partial charge in [-0.15, -0.1) is 0 Å². The molecule has 1 aromatic heterocycles. The number of nitriles is 2. The van der Waals surface area contributed by atoms with Crippen molar-refractivity contribution in [2.24, 2.45) is 0 Å². The van der Waals surface area contributed by atoms with E-state index in [1.54, 1.807) is 6.07 Å². The van der Waals surface area contributed by atoms with Gasteiger partial charge in [-0.1, -0.05) is 24.3 Å². The lowest BCUT2D eigenvalue weighted by molar-refractivity contribution is 0.0175. The molecule has 0 bridgehead atoms. The first-order chi connectivity index (χ1) is 10.3. The van der Waals surface area contributed by atoms with Crippen LogP contribution in [-0.4, -0.2) is 4.98 Å². The van der Waals surface area contributed by atoms with Gasteiger partial charge in [0.2, 0.25) is 0 Å². The maximum Gasteiger partial charge on any atom is 0.270 e. The monoisotopic (exact) mass is 300 g/mol. The molecule has 0 radical (unpaired) electrons. The zero-order chi connectivity index (χ0) is 16.5. The number of nitrogens with one attached hydrogen (secondary N) is 1. The lowest BCUT2D eigenvalue weighted by Crippen LogP contribution is -2.16. The van der Waals surface area contributed by atoms with Crippen molar-refractivity contribution in [3.63, 3.8) is 0 Å². The summed E-state index contributed by atoms with van der Waals surface area (Å²) in [7, 11) is 0. The number of H-pyrrole nitrogens is 1. The van der Waals surface area contributed by atoms with E-state index in [0.29, 0.717) is 5.56 Å². The number of hydrogen-bond acceptors (Lipinski definition) is 4. The molecule has 2 rings (SSSR count). The van der Waals surface area contributed by atoms with E-state index >= 15 is 0 Å². The second-order valence-electron chi connectivity index (χ2n) is 4.68. The molecule has 0 aliphatic rings. The molecule has 2 aromatic rings. The summed E-state index contributed by atoms with van der Waals surface area (Å²) in [6.07, 6.45) is 0. The van der Waals surface area contributed by atoms with E-state index in [1.165, 1.54) is 24.3 Å². The summed E-state index contributed by atoms with van der Waals surface area (Å²) < 4.78 is 26.5. The number of rotatable bonds is 2. The first-order valence-electron chi connectivity index (χ1n) is 6.14. The van der Waals surface area contributed by atoms with Gasteiger partial charge >= 0.3 is 0 Å². The number of nitrogen functional groups attached to an aromatic ring is 1. The summed E-state index contributed by atoms with van der Waals surface area (Å²) >= 11 is 0. The van der Waals surface area contributed by atoms with Crippen molar-refractivity contribution >= 4 is 5.82 Å². The van der Waals surface area contributed by atoms with E-state index in [0.717, 1.165) is 6.92 Å². The molecule has 1 aromatic carbocycles. The molecule has 22 heavy (non-hydrogen) atoms. The zero-order valence-electron chi connectivity index (χ0n) is 11.4. The largest absolute Gasteiger partial charge is 0.384 e. The molecular formula is C15H10F2N4O. The van der Waals surface area contributed by atoms with Crippen LogP contribution in [0.15, 0.2) is 29.1 Å². The van der Waals surface area contributed by atoms with Crippen LogP contribution < -0.4 is 11.3 Å². The number of anilines is 1. The van der Waals surface area contributed by atoms with Gasteiger partial charge in [0.25, 0.3) is 11.5 Å². The third-order valence-electron chi connectivity index (χ3n) is 3.15. The highest BCUT2D eigenvalue weighted by molar-refractivity contribution is 5.80. The van der Waals surface area contributed by atoms with Crippen molar-refractivity contribution in [2.75, 3.05) is 5.73 Å². The lowest BCUT2D eigenvalue weighted by atomic mass is 9.95. The summed E-state index contributed by atoms with van der Waals surface area (Å²) in [6.45, 7) is 0.759. The fraction of sp³-hybridized carbons (Fsp3) is 0.133. The molecule has 0 atom stereocenters. The van der Waals surface area contributed by atoms with E-state index in [1.807, 2.05) is 6.07 Å². The summed E-state index contributed by atoms with van der Waals surface area (Å²) in [6, 6.07) is 8.52. The quantitative estimate of drug-likeness (QED) is 0.888. The van der Waals surface area contributed by atoms with Gasteiger partial charge in [-0.25, -0.2) is 8.78 Å². The smallest absolute Gasteiger partial charge is 0.270 e. The molecule has 0 amide bonds. The van der Waals surface area contributed by atoms with Crippen molar-refractivity contribution in [1.29, 1.82) is 10.5 Å². The van der Waals surface area contributed by atoms with E-state index in [2.05, 4.69) is 4.98 Å². The number of aromatic nitrogens is 1. The van der Waals surface area contributed by atoms with Crippen molar-refractivity contribution in [3.05, 3.63) is 51.3 Å². The predicted octanol–water partition coefficient (Wildman–Crippen LogP) is 2.48. The summed E-state index contributed by atoms with van der Waals surface area (Å²) in [4.78, 5) is 14.0. The highest BCUT2D eigenvalue weighted by Crippen LogP contribution is 2.32. The van der Waals surface area contributed by atoms with Gasteiger partial charge in [-0.2, -0.15) is 10.5 Å². The van der Waals surface area contributed by atoms with Crippen LogP contribution in [0, 0.1) is 22.7 Å². The van der Waals surface area contributed by atoms with E-state index in [-0.39, 0.29) is 28.1 Å². The highest BCUT2D eigenvalue weighted by Gasteiger charge is 2.24. The maximum absolute atomic E-state index is 13.2. The minimum atomic E-state index is -3.01. The molecule has 0 aliphatic heterocycles. The predicted molar refractivity (Wildman–Crippen MR) is 75.9 cm³/mol. The molecule has 0 saturated heterocycles. The Kier molecular flexibility index (Phi) is 3.66. The molecule has 0 saturated carbocycles. The third-order valence-corrected chi connectivity index (χ3v) is 3.15. The third kappa shape index (κ3) is 2.52. The first-order valence-corrected chi connectivity index (χ1v) is 6.14. The van der Waals surface area contributed by atoms with Crippen LogP contribution in [0.2, 0.25) is 0 Å². The van der Waals surface area contributed by atoms with Crippen molar-refractivity contribution in [1.82, 2.24) is 4.98 Å². The van der Waals surface area contributed by atoms with Gasteiger partial charge in [0.1, 0.15) is 29.1 Å². The van der Waals surface area contributed by atoms with Crippen molar-refractivity contribution in [3.8, 4) is 23.3 Å². The van der Waals surface area contributed by atoms with Crippen LogP contribution in [0.4, 0.5) is 14.6 Å². The Bertz CT molecular complexity index is 865. The fourth-order valence-corrected chi connectivity index (χ4v) is 2.06. The molecule has 110 valence electrons. The second kappa shape index (κ2) is 5.30. The number of aromatic amines is 1. The molecule has 0 aliphatic carbocycles. The maximum atomic E-state index is 13.2. The van der Waals surface area contributed by atoms with Gasteiger partial charge in [0, 0.05) is 18.1 Å². The molecule has 0 fully saturated rings. The van der Waals surface area contributed by atoms with Crippen LogP contribution in [-0.2, 0) is 5.92 Å². The average Bonchev–Trinajstić information content (AvgIpc) is 2.46. The van der Waals surface area contributed by atoms with E-state index < -0.39 is 11.5 Å². The van der Waals surface area contributed by atoms with Gasteiger partial charge in [-0.3, -0.25) is 4.79 Å². The Labute approximate surface area is 124 Å².